The summed E-state index contributed by atoms with van der Waals surface area (Å²) in [6.45, 7) is 1.85. The first-order chi connectivity index (χ1) is 15.8. The van der Waals surface area contributed by atoms with Gasteiger partial charge in [0.15, 0.2) is 0 Å². The van der Waals surface area contributed by atoms with Gasteiger partial charge < -0.3 is 4.90 Å². The van der Waals surface area contributed by atoms with Crippen LogP contribution in [0.15, 0.2) is 114 Å². The van der Waals surface area contributed by atoms with Gasteiger partial charge in [-0.05, 0) is 54.1 Å². The van der Waals surface area contributed by atoms with Gasteiger partial charge in [-0.2, -0.15) is 0 Å². The molecule has 0 saturated carbocycles. The summed E-state index contributed by atoms with van der Waals surface area (Å²) >= 11 is 1.72. The molecule has 2 heterocycles. The zero-order valence-electron chi connectivity index (χ0n) is 18.0. The number of hydrogen-bond donors (Lipinski definition) is 1. The van der Waals surface area contributed by atoms with Crippen LogP contribution in [-0.4, -0.2) is 24.1 Å². The van der Waals surface area contributed by atoms with Crippen molar-refractivity contribution in [1.29, 1.82) is 0 Å². The van der Waals surface area contributed by atoms with Gasteiger partial charge in [0.2, 0.25) is 0 Å². The molecule has 1 aliphatic heterocycles. The van der Waals surface area contributed by atoms with Crippen molar-refractivity contribution in [3.8, 4) is 11.3 Å². The molecule has 0 fully saturated rings. The summed E-state index contributed by atoms with van der Waals surface area (Å²) in [5.41, 5.74) is 6.16. The van der Waals surface area contributed by atoms with Crippen molar-refractivity contribution in [2.45, 2.75) is 23.8 Å². The Bertz CT molecular complexity index is 1140. The van der Waals surface area contributed by atoms with Gasteiger partial charge in [-0.15, -0.1) is 0 Å². The topological polar surface area (TPSA) is 28.2 Å². The Hall–Kier alpha value is -3.08. The number of anilines is 1. The number of allylic oxidation sites excluding steroid dienone is 4. The van der Waals surface area contributed by atoms with Crippen LogP contribution in [-0.2, 0) is 6.42 Å². The Balaban J connectivity index is 1.41. The van der Waals surface area contributed by atoms with Crippen LogP contribution >= 0.6 is 11.9 Å². The molecule has 0 bridgehead atoms. The van der Waals surface area contributed by atoms with E-state index < -0.39 is 0 Å². The minimum absolute atomic E-state index is 0.354. The van der Waals surface area contributed by atoms with Gasteiger partial charge in [0.25, 0.3) is 0 Å². The third kappa shape index (κ3) is 5.04. The Morgan fingerprint density at radius 1 is 1.00 bits per heavy atom. The van der Waals surface area contributed by atoms with Gasteiger partial charge in [-0.3, -0.25) is 9.71 Å². The SMILES string of the molecule is C1=CCC=C(CN2CC(NSc3ccccc3)Cc3cc(-c4ccccc4)ncc32)C=C1. The first-order valence-electron chi connectivity index (χ1n) is 11.1. The molecule has 0 radical (unpaired) electrons. The molecular formula is C28H27N3S. The summed E-state index contributed by atoms with van der Waals surface area (Å²) < 4.78 is 3.72. The quantitative estimate of drug-likeness (QED) is 0.464. The van der Waals surface area contributed by atoms with E-state index in [4.69, 9.17) is 4.98 Å². The van der Waals surface area contributed by atoms with E-state index in [1.165, 1.54) is 21.7 Å². The van der Waals surface area contributed by atoms with E-state index in [9.17, 15) is 0 Å². The molecule has 1 N–H and O–H groups in total. The monoisotopic (exact) mass is 437 g/mol. The number of aromatic nitrogens is 1. The molecule has 2 aromatic carbocycles. The van der Waals surface area contributed by atoms with E-state index in [0.29, 0.717) is 6.04 Å². The van der Waals surface area contributed by atoms with Crippen LogP contribution < -0.4 is 9.62 Å². The molecule has 5 rings (SSSR count). The van der Waals surface area contributed by atoms with E-state index in [-0.39, 0.29) is 0 Å². The number of nitrogens with one attached hydrogen (secondary N) is 1. The minimum atomic E-state index is 0.354. The maximum Gasteiger partial charge on any atom is 0.0706 e. The molecule has 3 aromatic rings. The number of rotatable bonds is 6. The summed E-state index contributed by atoms with van der Waals surface area (Å²) in [6.07, 6.45) is 15.1. The predicted molar refractivity (Wildman–Crippen MR) is 136 cm³/mol. The summed E-state index contributed by atoms with van der Waals surface area (Å²) in [6, 6.07) is 23.6. The lowest BCUT2D eigenvalue weighted by molar-refractivity contribution is 0.581. The lowest BCUT2D eigenvalue weighted by Crippen LogP contribution is -2.44. The number of fused-ring (bicyclic) bond motifs is 1. The first kappa shape index (κ1) is 20.8. The van der Waals surface area contributed by atoms with Gasteiger partial charge in [0.05, 0.1) is 17.6 Å². The van der Waals surface area contributed by atoms with Crippen LogP contribution in [0.25, 0.3) is 11.3 Å². The fourth-order valence-electron chi connectivity index (χ4n) is 4.23. The van der Waals surface area contributed by atoms with Crippen molar-refractivity contribution in [3.05, 3.63) is 114 Å². The molecule has 4 heteroatoms. The van der Waals surface area contributed by atoms with E-state index in [1.807, 2.05) is 6.07 Å². The molecule has 0 saturated heterocycles. The molecule has 160 valence electrons. The average Bonchev–Trinajstić information content (AvgIpc) is 3.12. The number of benzene rings is 2. The largest absolute Gasteiger partial charge is 0.364 e. The van der Waals surface area contributed by atoms with E-state index in [0.717, 1.165) is 37.2 Å². The van der Waals surface area contributed by atoms with Crippen LogP contribution in [0.5, 0.6) is 0 Å². The molecule has 1 unspecified atom stereocenters. The third-order valence-corrected chi connectivity index (χ3v) is 6.78. The highest BCUT2D eigenvalue weighted by Crippen LogP contribution is 2.32. The standard InChI is InChI=1S/C28H27N3S/c1-2-6-12-22(11-5-1)20-31-21-25(30-32-26-15-9-4-10-16-26)17-24-18-27(29-19-28(24)31)23-13-7-3-8-14-23/h1-5,7-16,18-19,25,30H,6,17,20-21H2. The van der Waals surface area contributed by atoms with Crippen molar-refractivity contribution in [2.24, 2.45) is 0 Å². The lowest BCUT2D eigenvalue weighted by atomic mass is 9.97. The van der Waals surface area contributed by atoms with Crippen molar-refractivity contribution in [2.75, 3.05) is 18.0 Å². The molecule has 3 nitrogen and oxygen atoms in total. The Morgan fingerprint density at radius 3 is 2.66 bits per heavy atom. The summed E-state index contributed by atoms with van der Waals surface area (Å²) in [4.78, 5) is 8.54. The Kier molecular flexibility index (Phi) is 6.52. The number of pyridine rings is 1. The van der Waals surface area contributed by atoms with Crippen LogP contribution in [0.2, 0.25) is 0 Å². The molecule has 1 aliphatic carbocycles. The lowest BCUT2D eigenvalue weighted by Gasteiger charge is -2.36. The zero-order chi connectivity index (χ0) is 21.6. The van der Waals surface area contributed by atoms with E-state index in [1.54, 1.807) is 11.9 Å². The molecule has 0 spiro atoms. The molecule has 0 amide bonds. The van der Waals surface area contributed by atoms with Crippen LogP contribution in [0.3, 0.4) is 0 Å². The van der Waals surface area contributed by atoms with E-state index in [2.05, 4.69) is 107 Å². The molecule has 1 aromatic heterocycles. The molecule has 32 heavy (non-hydrogen) atoms. The zero-order valence-corrected chi connectivity index (χ0v) is 18.8. The normalized spacial score (nSPS) is 17.6. The average molecular weight is 438 g/mol. The first-order valence-corrected chi connectivity index (χ1v) is 12.0. The Morgan fingerprint density at radius 2 is 1.81 bits per heavy atom. The third-order valence-electron chi connectivity index (χ3n) is 5.82. The second-order valence-electron chi connectivity index (χ2n) is 8.18. The molecular weight excluding hydrogens is 410 g/mol. The van der Waals surface area contributed by atoms with Gasteiger partial charge in [-0.25, -0.2) is 0 Å². The number of hydrogen-bond acceptors (Lipinski definition) is 4. The summed E-state index contributed by atoms with van der Waals surface area (Å²) in [5, 5.41) is 0. The predicted octanol–water partition coefficient (Wildman–Crippen LogP) is 6.22. The fourth-order valence-corrected chi connectivity index (χ4v) is 4.98. The van der Waals surface area contributed by atoms with E-state index >= 15 is 0 Å². The highest BCUT2D eigenvalue weighted by Gasteiger charge is 2.26. The second-order valence-corrected chi connectivity index (χ2v) is 9.09. The minimum Gasteiger partial charge on any atom is -0.364 e. The van der Waals surface area contributed by atoms with Crippen LogP contribution in [0.4, 0.5) is 5.69 Å². The van der Waals surface area contributed by atoms with Gasteiger partial charge in [0, 0.05) is 29.6 Å². The van der Waals surface area contributed by atoms with Gasteiger partial charge in [0.1, 0.15) is 0 Å². The van der Waals surface area contributed by atoms with Crippen LogP contribution in [0.1, 0.15) is 12.0 Å². The van der Waals surface area contributed by atoms with Gasteiger partial charge in [-0.1, -0.05) is 78.9 Å². The highest BCUT2D eigenvalue weighted by atomic mass is 32.2. The van der Waals surface area contributed by atoms with Crippen molar-refractivity contribution in [3.63, 3.8) is 0 Å². The molecule has 1 atom stereocenters. The fraction of sp³-hybridized carbons (Fsp3) is 0.179. The summed E-state index contributed by atoms with van der Waals surface area (Å²) in [5.74, 6) is 0. The Labute approximate surface area is 194 Å². The van der Waals surface area contributed by atoms with Gasteiger partial charge >= 0.3 is 0 Å². The molecule has 2 aliphatic rings. The highest BCUT2D eigenvalue weighted by molar-refractivity contribution is 7.97. The summed E-state index contributed by atoms with van der Waals surface area (Å²) in [7, 11) is 0. The maximum absolute atomic E-state index is 4.83. The van der Waals surface area contributed by atoms with Crippen molar-refractivity contribution in [1.82, 2.24) is 9.71 Å². The van der Waals surface area contributed by atoms with Crippen molar-refractivity contribution < 1.29 is 0 Å². The second kappa shape index (κ2) is 10.0. The van der Waals surface area contributed by atoms with Crippen LogP contribution in [0, 0.1) is 0 Å². The number of nitrogens with zero attached hydrogens (tertiary/aromatic N) is 2. The maximum atomic E-state index is 4.83. The smallest absolute Gasteiger partial charge is 0.0706 e. The van der Waals surface area contributed by atoms with Crippen molar-refractivity contribution >= 4 is 17.6 Å².